The van der Waals surface area contributed by atoms with Crippen molar-refractivity contribution >= 4 is 17.1 Å². The summed E-state index contributed by atoms with van der Waals surface area (Å²) >= 11 is 0. The van der Waals surface area contributed by atoms with Crippen molar-refractivity contribution < 1.29 is 4.92 Å². The maximum absolute atomic E-state index is 10.5. The number of anilines is 1. The van der Waals surface area contributed by atoms with Gasteiger partial charge in [0.25, 0.3) is 5.69 Å². The molecular formula is C13H13N3O2. The monoisotopic (exact) mass is 243 g/mol. The smallest absolute Gasteiger partial charge is 0.269 e. The molecule has 0 radical (unpaired) electrons. The Hall–Kier alpha value is -2.17. The second-order valence-corrected chi connectivity index (χ2v) is 4.67. The lowest BCUT2D eigenvalue weighted by Gasteiger charge is -2.31. The average molecular weight is 243 g/mol. The van der Waals surface area contributed by atoms with Crippen molar-refractivity contribution in [1.82, 2.24) is 0 Å². The molecule has 0 spiro atoms. The van der Waals surface area contributed by atoms with Crippen molar-refractivity contribution in [2.45, 2.75) is 12.8 Å². The van der Waals surface area contributed by atoms with Gasteiger partial charge in [0.1, 0.15) is 0 Å². The van der Waals surface area contributed by atoms with E-state index in [1.54, 1.807) is 12.1 Å². The van der Waals surface area contributed by atoms with E-state index < -0.39 is 4.92 Å². The number of rotatable bonds is 3. The molecule has 5 nitrogen and oxygen atoms in total. The zero-order valence-electron chi connectivity index (χ0n) is 9.74. The lowest BCUT2D eigenvalue weighted by atomic mass is 9.74. The number of allylic oxidation sites excluding steroid dienone is 2. The maximum Gasteiger partial charge on any atom is 0.269 e. The number of hydrazone groups is 1. The van der Waals surface area contributed by atoms with Gasteiger partial charge in [0, 0.05) is 23.8 Å². The number of fused-ring (bicyclic) bond motifs is 1. The van der Waals surface area contributed by atoms with Crippen LogP contribution in [0.4, 0.5) is 11.4 Å². The van der Waals surface area contributed by atoms with Crippen LogP contribution < -0.4 is 5.43 Å². The van der Waals surface area contributed by atoms with Crippen molar-refractivity contribution in [1.29, 1.82) is 0 Å². The van der Waals surface area contributed by atoms with Crippen LogP contribution in [-0.4, -0.2) is 10.6 Å². The molecule has 18 heavy (non-hydrogen) atoms. The standard InChI is InChI=1S/C13H13N3O2/c17-16(18)11-6-4-10(5-7-11)14-15-13-8-9-2-1-3-12(9)13/h1,3-7,9,12,14H,2,8H2/b15-13-. The highest BCUT2D eigenvalue weighted by Crippen LogP contribution is 2.40. The minimum atomic E-state index is -0.407. The van der Waals surface area contributed by atoms with E-state index in [0.29, 0.717) is 5.92 Å². The Balaban J connectivity index is 1.65. The minimum Gasteiger partial charge on any atom is -0.279 e. The van der Waals surface area contributed by atoms with Crippen LogP contribution in [0, 0.1) is 22.0 Å². The highest BCUT2D eigenvalue weighted by Gasteiger charge is 2.37. The fourth-order valence-corrected chi connectivity index (χ4v) is 2.46. The SMILES string of the molecule is O=[N+]([O-])c1ccc(N/N=C2/CC3CC=CC23)cc1. The Labute approximate surface area is 104 Å². The third-order valence-corrected chi connectivity index (χ3v) is 3.55. The summed E-state index contributed by atoms with van der Waals surface area (Å²) in [4.78, 5) is 10.1. The van der Waals surface area contributed by atoms with Gasteiger partial charge in [-0.25, -0.2) is 0 Å². The maximum atomic E-state index is 10.5. The van der Waals surface area contributed by atoms with Crippen LogP contribution in [0.3, 0.4) is 0 Å². The summed E-state index contributed by atoms with van der Waals surface area (Å²) in [7, 11) is 0. The lowest BCUT2D eigenvalue weighted by Crippen LogP contribution is -2.33. The van der Waals surface area contributed by atoms with E-state index in [2.05, 4.69) is 22.7 Å². The van der Waals surface area contributed by atoms with E-state index in [1.807, 2.05) is 0 Å². The molecule has 0 amide bonds. The Kier molecular flexibility index (Phi) is 2.59. The molecule has 0 saturated heterocycles. The molecule has 0 aliphatic heterocycles. The first kappa shape index (κ1) is 11.0. The molecule has 2 unspecified atom stereocenters. The quantitative estimate of drug-likeness (QED) is 0.504. The van der Waals surface area contributed by atoms with Gasteiger partial charge in [-0.15, -0.1) is 0 Å². The van der Waals surface area contributed by atoms with E-state index in [1.165, 1.54) is 24.3 Å². The van der Waals surface area contributed by atoms with Gasteiger partial charge < -0.3 is 0 Å². The fraction of sp³-hybridized carbons (Fsp3) is 0.308. The molecule has 0 aromatic heterocycles. The number of nitrogens with zero attached hydrogens (tertiary/aromatic N) is 2. The van der Waals surface area contributed by atoms with E-state index >= 15 is 0 Å². The van der Waals surface area contributed by atoms with Crippen molar-refractivity contribution in [3.63, 3.8) is 0 Å². The zero-order chi connectivity index (χ0) is 12.5. The number of hydrogen-bond donors (Lipinski definition) is 1. The molecule has 1 saturated carbocycles. The van der Waals surface area contributed by atoms with Crippen LogP contribution >= 0.6 is 0 Å². The number of hydrogen-bond acceptors (Lipinski definition) is 4. The van der Waals surface area contributed by atoms with Crippen molar-refractivity contribution in [2.24, 2.45) is 16.9 Å². The number of nitrogens with one attached hydrogen (secondary N) is 1. The van der Waals surface area contributed by atoms with Crippen LogP contribution in [0.1, 0.15) is 12.8 Å². The van der Waals surface area contributed by atoms with Crippen molar-refractivity contribution in [3.8, 4) is 0 Å². The second kappa shape index (κ2) is 4.25. The number of benzene rings is 1. The van der Waals surface area contributed by atoms with E-state index in [4.69, 9.17) is 0 Å². The first-order valence-electron chi connectivity index (χ1n) is 5.97. The summed E-state index contributed by atoms with van der Waals surface area (Å²) < 4.78 is 0. The molecule has 2 aliphatic rings. The molecule has 1 N–H and O–H groups in total. The predicted octanol–water partition coefficient (Wildman–Crippen LogP) is 2.96. The topological polar surface area (TPSA) is 67.5 Å². The zero-order valence-corrected chi connectivity index (χ0v) is 9.74. The highest BCUT2D eigenvalue weighted by atomic mass is 16.6. The van der Waals surface area contributed by atoms with E-state index in [0.717, 1.165) is 18.0 Å². The second-order valence-electron chi connectivity index (χ2n) is 4.67. The summed E-state index contributed by atoms with van der Waals surface area (Å²) in [6.45, 7) is 0. The van der Waals surface area contributed by atoms with Crippen LogP contribution in [-0.2, 0) is 0 Å². The number of nitro benzene ring substituents is 1. The van der Waals surface area contributed by atoms with Crippen molar-refractivity contribution in [3.05, 3.63) is 46.5 Å². The third-order valence-electron chi connectivity index (χ3n) is 3.55. The van der Waals surface area contributed by atoms with E-state index in [-0.39, 0.29) is 5.69 Å². The van der Waals surface area contributed by atoms with Crippen LogP contribution in [0.25, 0.3) is 0 Å². The summed E-state index contributed by atoms with van der Waals surface area (Å²) in [6, 6.07) is 6.29. The molecule has 0 bridgehead atoms. The average Bonchev–Trinajstić information content (AvgIpc) is 2.72. The van der Waals surface area contributed by atoms with Gasteiger partial charge in [0.05, 0.1) is 10.6 Å². The lowest BCUT2D eigenvalue weighted by molar-refractivity contribution is -0.384. The Morgan fingerprint density at radius 3 is 2.78 bits per heavy atom. The minimum absolute atomic E-state index is 0.0932. The molecule has 0 heterocycles. The molecular weight excluding hydrogens is 230 g/mol. The molecule has 1 fully saturated rings. The third kappa shape index (κ3) is 1.88. The molecule has 2 atom stereocenters. The van der Waals surface area contributed by atoms with Crippen molar-refractivity contribution in [2.75, 3.05) is 5.43 Å². The molecule has 2 aliphatic carbocycles. The Bertz CT molecular complexity index is 534. The summed E-state index contributed by atoms with van der Waals surface area (Å²) in [6.07, 6.45) is 6.65. The van der Waals surface area contributed by atoms with Crippen LogP contribution in [0.5, 0.6) is 0 Å². The summed E-state index contributed by atoms with van der Waals surface area (Å²) in [5.41, 5.74) is 5.00. The van der Waals surface area contributed by atoms with Gasteiger partial charge in [-0.05, 0) is 30.9 Å². The summed E-state index contributed by atoms with van der Waals surface area (Å²) in [5.74, 6) is 1.26. The largest absolute Gasteiger partial charge is 0.279 e. The van der Waals surface area contributed by atoms with Crippen LogP contribution in [0.15, 0.2) is 41.5 Å². The summed E-state index contributed by atoms with van der Waals surface area (Å²) in [5, 5.41) is 14.9. The molecule has 1 aromatic rings. The van der Waals surface area contributed by atoms with Gasteiger partial charge in [-0.3, -0.25) is 15.5 Å². The first-order chi connectivity index (χ1) is 8.74. The van der Waals surface area contributed by atoms with Gasteiger partial charge >= 0.3 is 0 Å². The molecule has 3 rings (SSSR count). The molecule has 92 valence electrons. The van der Waals surface area contributed by atoms with Gasteiger partial charge in [0.15, 0.2) is 0 Å². The van der Waals surface area contributed by atoms with Gasteiger partial charge in [-0.1, -0.05) is 12.2 Å². The molecule has 1 aromatic carbocycles. The Morgan fingerprint density at radius 2 is 2.11 bits per heavy atom. The van der Waals surface area contributed by atoms with Gasteiger partial charge in [-0.2, -0.15) is 5.10 Å². The number of nitro groups is 1. The normalized spacial score (nSPS) is 26.8. The molecule has 5 heteroatoms. The highest BCUT2D eigenvalue weighted by molar-refractivity contribution is 5.95. The van der Waals surface area contributed by atoms with Gasteiger partial charge in [0.2, 0.25) is 0 Å². The first-order valence-corrected chi connectivity index (χ1v) is 5.97. The van der Waals surface area contributed by atoms with E-state index in [9.17, 15) is 10.1 Å². The van der Waals surface area contributed by atoms with Crippen LogP contribution in [0.2, 0.25) is 0 Å². The predicted molar refractivity (Wildman–Crippen MR) is 69.5 cm³/mol. The fourth-order valence-electron chi connectivity index (χ4n) is 2.46. The number of non-ortho nitro benzene ring substituents is 1. The Morgan fingerprint density at radius 1 is 1.33 bits per heavy atom.